The molecule has 1 fully saturated rings. The number of amides is 1. The Morgan fingerprint density at radius 1 is 1.12 bits per heavy atom. The monoisotopic (exact) mass is 233 g/mol. The van der Waals surface area contributed by atoms with Crippen LogP contribution in [-0.4, -0.2) is 5.91 Å². The highest BCUT2D eigenvalue weighted by Gasteiger charge is 2.83. The Labute approximate surface area is 100 Å². The summed E-state index contributed by atoms with van der Waals surface area (Å²) in [6.45, 7) is 8.30. The standard InChI is InChI=1S/C14H16FNO/c1-12(2)13(3,4)14(12)9-7-8(15)5-6-10(9)16-11(14)17/h5-7H,1-4H3,(H,16,17). The molecule has 3 heteroatoms. The zero-order valence-corrected chi connectivity index (χ0v) is 10.5. The number of carbonyl (C=O) groups excluding carboxylic acids is 1. The Kier molecular flexibility index (Phi) is 1.61. The van der Waals surface area contributed by atoms with E-state index in [1.54, 1.807) is 6.07 Å². The highest BCUT2D eigenvalue weighted by Crippen LogP contribution is 2.80. The third-order valence-corrected chi connectivity index (χ3v) is 5.35. The predicted octanol–water partition coefficient (Wildman–Crippen LogP) is 3.08. The van der Waals surface area contributed by atoms with Crippen molar-refractivity contribution >= 4 is 11.6 Å². The van der Waals surface area contributed by atoms with Crippen LogP contribution >= 0.6 is 0 Å². The van der Waals surface area contributed by atoms with E-state index in [4.69, 9.17) is 0 Å². The van der Waals surface area contributed by atoms with Gasteiger partial charge in [0.15, 0.2) is 0 Å². The van der Waals surface area contributed by atoms with Gasteiger partial charge in [0.1, 0.15) is 5.82 Å². The molecule has 1 aliphatic carbocycles. The maximum Gasteiger partial charge on any atom is 0.236 e. The molecule has 0 unspecified atom stereocenters. The summed E-state index contributed by atoms with van der Waals surface area (Å²) >= 11 is 0. The van der Waals surface area contributed by atoms with Crippen molar-refractivity contribution in [2.45, 2.75) is 33.1 Å². The van der Waals surface area contributed by atoms with Crippen LogP contribution in [0, 0.1) is 16.6 Å². The lowest BCUT2D eigenvalue weighted by molar-refractivity contribution is -0.119. The molecule has 1 aromatic rings. The third-order valence-electron chi connectivity index (χ3n) is 5.35. The summed E-state index contributed by atoms with van der Waals surface area (Å²) in [7, 11) is 0. The fourth-order valence-corrected chi connectivity index (χ4v) is 3.83. The van der Waals surface area contributed by atoms with Crippen molar-refractivity contribution in [3.8, 4) is 0 Å². The van der Waals surface area contributed by atoms with Gasteiger partial charge in [-0.25, -0.2) is 4.39 Å². The molecular weight excluding hydrogens is 217 g/mol. The van der Waals surface area contributed by atoms with Gasteiger partial charge in [-0.15, -0.1) is 0 Å². The van der Waals surface area contributed by atoms with E-state index in [0.29, 0.717) is 0 Å². The maximum atomic E-state index is 13.4. The first kappa shape index (κ1) is 10.8. The molecule has 1 aliphatic heterocycles. The zero-order chi connectivity index (χ0) is 12.6. The fourth-order valence-electron chi connectivity index (χ4n) is 3.83. The molecule has 90 valence electrons. The summed E-state index contributed by atoms with van der Waals surface area (Å²) in [5.41, 5.74) is 0.705. The number of halogens is 1. The van der Waals surface area contributed by atoms with Gasteiger partial charge in [0.2, 0.25) is 5.91 Å². The number of benzene rings is 1. The van der Waals surface area contributed by atoms with Gasteiger partial charge in [0.05, 0.1) is 5.41 Å². The van der Waals surface area contributed by atoms with Crippen LogP contribution in [0.25, 0.3) is 0 Å². The van der Waals surface area contributed by atoms with Gasteiger partial charge in [-0.2, -0.15) is 0 Å². The van der Waals surface area contributed by atoms with Gasteiger partial charge < -0.3 is 5.32 Å². The summed E-state index contributed by atoms with van der Waals surface area (Å²) in [5.74, 6) is -0.272. The van der Waals surface area contributed by atoms with Gasteiger partial charge in [0, 0.05) is 5.69 Å². The van der Waals surface area contributed by atoms with Crippen molar-refractivity contribution in [1.29, 1.82) is 0 Å². The summed E-state index contributed by atoms with van der Waals surface area (Å²) in [5, 5.41) is 2.88. The number of hydrogen-bond acceptors (Lipinski definition) is 1. The average Bonchev–Trinajstić information content (AvgIpc) is 2.49. The molecule has 3 rings (SSSR count). The summed E-state index contributed by atoms with van der Waals surface area (Å²) in [4.78, 5) is 12.3. The lowest BCUT2D eigenvalue weighted by Crippen LogP contribution is -2.26. The SMILES string of the molecule is CC1(C)C(C)(C)C12C(=O)Nc1ccc(F)cc12. The Balaban J connectivity index is 2.30. The summed E-state index contributed by atoms with van der Waals surface area (Å²) in [6, 6.07) is 4.55. The lowest BCUT2D eigenvalue weighted by atomic mass is 9.87. The van der Waals surface area contributed by atoms with Gasteiger partial charge in [-0.05, 0) is 34.6 Å². The molecule has 2 aliphatic rings. The van der Waals surface area contributed by atoms with Crippen LogP contribution < -0.4 is 5.32 Å². The maximum absolute atomic E-state index is 13.4. The molecule has 0 bridgehead atoms. The minimum atomic E-state index is -0.572. The molecule has 1 spiro atoms. The van der Waals surface area contributed by atoms with E-state index in [-0.39, 0.29) is 22.6 Å². The molecule has 1 amide bonds. The predicted molar refractivity (Wildman–Crippen MR) is 64.3 cm³/mol. The summed E-state index contributed by atoms with van der Waals surface area (Å²) in [6.07, 6.45) is 0. The minimum absolute atomic E-state index is 0.00750. The Bertz CT molecular complexity index is 531. The molecule has 0 aromatic heterocycles. The van der Waals surface area contributed by atoms with Crippen LogP contribution in [0.15, 0.2) is 18.2 Å². The molecule has 0 saturated heterocycles. The van der Waals surface area contributed by atoms with Crippen LogP contribution in [-0.2, 0) is 10.2 Å². The first-order valence-corrected chi connectivity index (χ1v) is 5.88. The summed E-state index contributed by atoms with van der Waals surface area (Å²) < 4.78 is 13.4. The van der Waals surface area contributed by atoms with E-state index in [0.717, 1.165) is 11.3 Å². The number of carbonyl (C=O) groups is 1. The van der Waals surface area contributed by atoms with Crippen LogP contribution in [0.1, 0.15) is 33.3 Å². The zero-order valence-electron chi connectivity index (χ0n) is 10.5. The van der Waals surface area contributed by atoms with Crippen molar-refractivity contribution in [3.05, 3.63) is 29.6 Å². The second-order valence-corrected chi connectivity index (χ2v) is 6.14. The number of anilines is 1. The molecule has 0 atom stereocenters. The Morgan fingerprint density at radius 3 is 2.24 bits per heavy atom. The van der Waals surface area contributed by atoms with Crippen molar-refractivity contribution in [3.63, 3.8) is 0 Å². The molecule has 1 N–H and O–H groups in total. The van der Waals surface area contributed by atoms with Crippen molar-refractivity contribution in [2.24, 2.45) is 10.8 Å². The van der Waals surface area contributed by atoms with Crippen LogP contribution in [0.4, 0.5) is 10.1 Å². The Morgan fingerprint density at radius 2 is 1.71 bits per heavy atom. The molecular formula is C14H16FNO. The normalized spacial score (nSPS) is 25.6. The highest BCUT2D eigenvalue weighted by molar-refractivity contribution is 6.10. The number of fused-ring (bicyclic) bond motifs is 2. The first-order chi connectivity index (χ1) is 7.76. The third kappa shape index (κ3) is 0.841. The fraction of sp³-hybridized carbons (Fsp3) is 0.500. The molecule has 1 saturated carbocycles. The van der Waals surface area contributed by atoms with Crippen molar-refractivity contribution in [1.82, 2.24) is 0 Å². The molecule has 0 radical (unpaired) electrons. The second-order valence-electron chi connectivity index (χ2n) is 6.14. The molecule has 1 aromatic carbocycles. The largest absolute Gasteiger partial charge is 0.325 e. The highest BCUT2D eigenvalue weighted by atomic mass is 19.1. The van der Waals surface area contributed by atoms with E-state index in [2.05, 4.69) is 33.0 Å². The van der Waals surface area contributed by atoms with E-state index >= 15 is 0 Å². The van der Waals surface area contributed by atoms with Crippen LogP contribution in [0.5, 0.6) is 0 Å². The minimum Gasteiger partial charge on any atom is -0.325 e. The lowest BCUT2D eigenvalue weighted by Gasteiger charge is -2.12. The van der Waals surface area contributed by atoms with Gasteiger partial charge in [0.25, 0.3) is 0 Å². The number of hydrogen-bond donors (Lipinski definition) is 1. The topological polar surface area (TPSA) is 29.1 Å². The van der Waals surface area contributed by atoms with Crippen LogP contribution in [0.3, 0.4) is 0 Å². The number of nitrogens with one attached hydrogen (secondary N) is 1. The second kappa shape index (κ2) is 2.55. The van der Waals surface area contributed by atoms with Gasteiger partial charge in [-0.1, -0.05) is 27.7 Å². The van der Waals surface area contributed by atoms with Crippen molar-refractivity contribution in [2.75, 3.05) is 5.32 Å². The Hall–Kier alpha value is -1.38. The van der Waals surface area contributed by atoms with Crippen LogP contribution in [0.2, 0.25) is 0 Å². The van der Waals surface area contributed by atoms with E-state index < -0.39 is 5.41 Å². The van der Waals surface area contributed by atoms with Gasteiger partial charge >= 0.3 is 0 Å². The molecule has 1 heterocycles. The van der Waals surface area contributed by atoms with Crippen molar-refractivity contribution < 1.29 is 9.18 Å². The average molecular weight is 233 g/mol. The molecule has 2 nitrogen and oxygen atoms in total. The van der Waals surface area contributed by atoms with E-state index in [9.17, 15) is 9.18 Å². The quantitative estimate of drug-likeness (QED) is 0.733. The van der Waals surface area contributed by atoms with Gasteiger partial charge in [-0.3, -0.25) is 4.79 Å². The van der Waals surface area contributed by atoms with E-state index in [1.807, 2.05) is 0 Å². The smallest absolute Gasteiger partial charge is 0.236 e. The number of rotatable bonds is 0. The first-order valence-electron chi connectivity index (χ1n) is 5.88. The van der Waals surface area contributed by atoms with E-state index in [1.165, 1.54) is 12.1 Å². The molecule has 17 heavy (non-hydrogen) atoms.